The van der Waals surface area contributed by atoms with Crippen molar-refractivity contribution in [2.75, 3.05) is 6.61 Å². The lowest BCUT2D eigenvalue weighted by molar-refractivity contribution is -0.144. The Morgan fingerprint density at radius 3 is 2.94 bits per heavy atom. The van der Waals surface area contributed by atoms with Crippen molar-refractivity contribution in [3.05, 3.63) is 42.1 Å². The molecule has 0 spiro atoms. The van der Waals surface area contributed by atoms with E-state index in [4.69, 9.17) is 10.5 Å². The van der Waals surface area contributed by atoms with Gasteiger partial charge in [0.15, 0.2) is 0 Å². The smallest absolute Gasteiger partial charge is 0.327 e. The lowest BCUT2D eigenvalue weighted by atomic mass is 10.0. The third kappa shape index (κ3) is 2.26. The molecule has 1 heterocycles. The molecule has 0 amide bonds. The fraction of sp³-hybridized carbons (Fsp3) is 0.231. The van der Waals surface area contributed by atoms with Crippen LogP contribution in [0.3, 0.4) is 0 Å². The van der Waals surface area contributed by atoms with Crippen LogP contribution in [-0.2, 0) is 9.53 Å². The van der Waals surface area contributed by atoms with Crippen LogP contribution < -0.4 is 5.73 Å². The molecule has 0 saturated carbocycles. The number of aromatic nitrogens is 1. The maximum atomic E-state index is 11.6. The zero-order chi connectivity index (χ0) is 12.3. The number of benzene rings is 1. The van der Waals surface area contributed by atoms with Crippen molar-refractivity contribution < 1.29 is 9.53 Å². The van der Waals surface area contributed by atoms with Gasteiger partial charge >= 0.3 is 5.97 Å². The quantitative estimate of drug-likeness (QED) is 0.816. The molecule has 1 aromatic heterocycles. The van der Waals surface area contributed by atoms with Crippen molar-refractivity contribution >= 4 is 16.9 Å². The van der Waals surface area contributed by atoms with Gasteiger partial charge < -0.3 is 10.5 Å². The van der Waals surface area contributed by atoms with Crippen molar-refractivity contribution in [2.24, 2.45) is 5.73 Å². The van der Waals surface area contributed by atoms with Gasteiger partial charge in [-0.1, -0.05) is 18.2 Å². The SMILES string of the molecule is CCOC(=O)C(N)c1ccnc2ccccc12. The summed E-state index contributed by atoms with van der Waals surface area (Å²) in [7, 11) is 0. The average molecular weight is 230 g/mol. The number of fused-ring (bicyclic) bond motifs is 1. The molecule has 1 aromatic carbocycles. The highest BCUT2D eigenvalue weighted by Gasteiger charge is 2.19. The van der Waals surface area contributed by atoms with Crippen molar-refractivity contribution in [2.45, 2.75) is 13.0 Å². The first kappa shape index (κ1) is 11.5. The van der Waals surface area contributed by atoms with Crippen LogP contribution in [0.1, 0.15) is 18.5 Å². The van der Waals surface area contributed by atoms with E-state index in [9.17, 15) is 4.79 Å². The number of nitrogens with zero attached hydrogens (tertiary/aromatic N) is 1. The van der Waals surface area contributed by atoms with Crippen molar-refractivity contribution in [1.82, 2.24) is 4.98 Å². The van der Waals surface area contributed by atoms with E-state index in [0.29, 0.717) is 6.61 Å². The average Bonchev–Trinajstić information content (AvgIpc) is 2.37. The standard InChI is InChI=1S/C13H14N2O2/c1-2-17-13(16)12(14)10-7-8-15-11-6-4-3-5-9(10)11/h3-8,12H,2,14H2,1H3. The monoisotopic (exact) mass is 230 g/mol. The predicted octanol–water partition coefficient (Wildman–Crippen LogP) is 1.80. The molecule has 2 N–H and O–H groups in total. The summed E-state index contributed by atoms with van der Waals surface area (Å²) >= 11 is 0. The Morgan fingerprint density at radius 1 is 1.41 bits per heavy atom. The van der Waals surface area contributed by atoms with Crippen LogP contribution >= 0.6 is 0 Å². The Labute approximate surface area is 99.4 Å². The molecular weight excluding hydrogens is 216 g/mol. The van der Waals surface area contributed by atoms with E-state index in [1.165, 1.54) is 0 Å². The van der Waals surface area contributed by atoms with Crippen LogP contribution in [-0.4, -0.2) is 17.6 Å². The molecule has 2 aromatic rings. The lowest BCUT2D eigenvalue weighted by Crippen LogP contribution is -2.24. The lowest BCUT2D eigenvalue weighted by Gasteiger charge is -2.12. The molecule has 4 nitrogen and oxygen atoms in total. The number of hydrogen-bond acceptors (Lipinski definition) is 4. The molecule has 0 bridgehead atoms. The molecule has 0 fully saturated rings. The first-order valence-corrected chi connectivity index (χ1v) is 5.50. The van der Waals surface area contributed by atoms with Gasteiger partial charge in [0, 0.05) is 11.6 Å². The fourth-order valence-corrected chi connectivity index (χ4v) is 1.75. The van der Waals surface area contributed by atoms with Gasteiger partial charge in [0.05, 0.1) is 12.1 Å². The maximum absolute atomic E-state index is 11.6. The van der Waals surface area contributed by atoms with Gasteiger partial charge in [-0.3, -0.25) is 4.98 Å². The van der Waals surface area contributed by atoms with Crippen molar-refractivity contribution in [3.63, 3.8) is 0 Å². The molecule has 0 radical (unpaired) electrons. The van der Waals surface area contributed by atoms with Crippen LogP contribution in [0, 0.1) is 0 Å². The minimum Gasteiger partial charge on any atom is -0.465 e. The van der Waals surface area contributed by atoms with Crippen molar-refractivity contribution in [1.29, 1.82) is 0 Å². The number of rotatable bonds is 3. The fourth-order valence-electron chi connectivity index (χ4n) is 1.75. The summed E-state index contributed by atoms with van der Waals surface area (Å²) < 4.78 is 4.92. The largest absolute Gasteiger partial charge is 0.465 e. The molecule has 0 aliphatic carbocycles. The van der Waals surface area contributed by atoms with Gasteiger partial charge in [-0.2, -0.15) is 0 Å². The first-order chi connectivity index (χ1) is 8.24. The summed E-state index contributed by atoms with van der Waals surface area (Å²) in [6.07, 6.45) is 1.65. The molecule has 0 aliphatic heterocycles. The number of para-hydroxylation sites is 1. The topological polar surface area (TPSA) is 65.2 Å². The summed E-state index contributed by atoms with van der Waals surface area (Å²) in [5, 5.41) is 0.885. The molecule has 88 valence electrons. The van der Waals surface area contributed by atoms with E-state index in [0.717, 1.165) is 16.5 Å². The Kier molecular flexibility index (Phi) is 3.35. The van der Waals surface area contributed by atoms with E-state index in [1.807, 2.05) is 24.3 Å². The van der Waals surface area contributed by atoms with Crippen molar-refractivity contribution in [3.8, 4) is 0 Å². The van der Waals surface area contributed by atoms with Gasteiger partial charge in [0.2, 0.25) is 0 Å². The summed E-state index contributed by atoms with van der Waals surface area (Å²) in [6, 6.07) is 8.57. The van der Waals surface area contributed by atoms with Crippen LogP contribution in [0.2, 0.25) is 0 Å². The zero-order valence-electron chi connectivity index (χ0n) is 9.59. The molecule has 0 saturated heterocycles. The highest BCUT2D eigenvalue weighted by molar-refractivity contribution is 5.88. The highest BCUT2D eigenvalue weighted by Crippen LogP contribution is 2.21. The number of esters is 1. The number of carbonyl (C=O) groups excluding carboxylic acids is 1. The molecule has 1 atom stereocenters. The molecular formula is C13H14N2O2. The Bertz CT molecular complexity index is 534. The molecule has 1 unspecified atom stereocenters. The van der Waals surface area contributed by atoms with Gasteiger partial charge in [0.25, 0.3) is 0 Å². The maximum Gasteiger partial charge on any atom is 0.327 e. The van der Waals surface area contributed by atoms with E-state index in [1.54, 1.807) is 19.2 Å². The minimum absolute atomic E-state index is 0.329. The second kappa shape index (κ2) is 4.93. The second-order valence-corrected chi connectivity index (χ2v) is 3.65. The Morgan fingerprint density at radius 2 is 2.18 bits per heavy atom. The number of hydrogen-bond donors (Lipinski definition) is 1. The Balaban J connectivity index is 2.44. The molecule has 17 heavy (non-hydrogen) atoms. The third-order valence-corrected chi connectivity index (χ3v) is 2.56. The van der Waals surface area contributed by atoms with Gasteiger partial charge in [-0.25, -0.2) is 4.79 Å². The van der Waals surface area contributed by atoms with E-state index in [2.05, 4.69) is 4.98 Å². The first-order valence-electron chi connectivity index (χ1n) is 5.50. The van der Waals surface area contributed by atoms with E-state index < -0.39 is 12.0 Å². The predicted molar refractivity (Wildman–Crippen MR) is 65.3 cm³/mol. The van der Waals surface area contributed by atoms with Crippen LogP contribution in [0.5, 0.6) is 0 Å². The molecule has 0 aliphatic rings. The third-order valence-electron chi connectivity index (χ3n) is 2.56. The van der Waals surface area contributed by atoms with Gasteiger partial charge in [0.1, 0.15) is 6.04 Å². The number of nitrogens with two attached hydrogens (primary N) is 1. The number of carbonyl (C=O) groups is 1. The summed E-state index contributed by atoms with van der Waals surface area (Å²) in [5.74, 6) is -0.413. The van der Waals surface area contributed by atoms with E-state index >= 15 is 0 Å². The van der Waals surface area contributed by atoms with E-state index in [-0.39, 0.29) is 0 Å². The Hall–Kier alpha value is -1.94. The van der Waals surface area contributed by atoms with Crippen LogP contribution in [0.25, 0.3) is 10.9 Å². The molecule has 2 rings (SSSR count). The second-order valence-electron chi connectivity index (χ2n) is 3.65. The normalized spacial score (nSPS) is 12.4. The highest BCUT2D eigenvalue weighted by atomic mass is 16.5. The summed E-state index contributed by atoms with van der Waals surface area (Å²) in [6.45, 7) is 2.09. The zero-order valence-corrected chi connectivity index (χ0v) is 9.59. The summed E-state index contributed by atoms with van der Waals surface area (Å²) in [5.41, 5.74) is 7.46. The molecule has 4 heteroatoms. The van der Waals surface area contributed by atoms with Crippen LogP contribution in [0.4, 0.5) is 0 Å². The van der Waals surface area contributed by atoms with Gasteiger partial charge in [-0.15, -0.1) is 0 Å². The number of pyridine rings is 1. The van der Waals surface area contributed by atoms with Crippen LogP contribution in [0.15, 0.2) is 36.5 Å². The van der Waals surface area contributed by atoms with Gasteiger partial charge in [-0.05, 0) is 24.6 Å². The number of ether oxygens (including phenoxy) is 1. The minimum atomic E-state index is -0.761. The summed E-state index contributed by atoms with van der Waals surface area (Å²) in [4.78, 5) is 15.8.